The number of likely N-dealkylation sites (N-methyl/N-ethyl adjacent to an activating group) is 1. The molecule has 2 aliphatic heterocycles. The first kappa shape index (κ1) is 11.3. The third kappa shape index (κ3) is 2.85. The molecule has 0 saturated carbocycles. The van der Waals surface area contributed by atoms with Crippen molar-refractivity contribution in [2.45, 2.75) is 5.44 Å². The summed E-state index contributed by atoms with van der Waals surface area (Å²) in [6.07, 6.45) is 3.76. The monoisotopic (exact) mass is 312 g/mol. The van der Waals surface area contributed by atoms with E-state index in [1.807, 2.05) is 31.3 Å². The molecule has 5 heteroatoms. The fraction of sp³-hybridized carbons (Fsp3) is 0.625. The van der Waals surface area contributed by atoms with E-state index in [4.69, 9.17) is 4.74 Å². The van der Waals surface area contributed by atoms with Gasteiger partial charge >= 0.3 is 0 Å². The van der Waals surface area contributed by atoms with Gasteiger partial charge in [0.1, 0.15) is 5.44 Å². The molecule has 3 nitrogen and oxygen atoms in total. The van der Waals surface area contributed by atoms with Crippen molar-refractivity contribution in [3.05, 3.63) is 11.8 Å². The summed E-state index contributed by atoms with van der Waals surface area (Å²) >= 11 is 1.86. The molecule has 0 aliphatic carbocycles. The number of hydrogen-bond donors (Lipinski definition) is 0. The second-order valence-corrected chi connectivity index (χ2v) is 4.13. The van der Waals surface area contributed by atoms with Gasteiger partial charge in [-0.3, -0.25) is 0 Å². The van der Waals surface area contributed by atoms with Crippen LogP contribution in [0.2, 0.25) is 0 Å². The van der Waals surface area contributed by atoms with E-state index in [9.17, 15) is 0 Å². The van der Waals surface area contributed by atoms with Gasteiger partial charge in [-0.25, -0.2) is 4.99 Å². The minimum Gasteiger partial charge on any atom is -0.362 e. The van der Waals surface area contributed by atoms with Gasteiger partial charge in [-0.1, -0.05) is 0 Å². The molecule has 0 N–H and O–H groups in total. The second-order valence-electron chi connectivity index (χ2n) is 2.96. The average Bonchev–Trinajstić information content (AvgIpc) is 2.56. The van der Waals surface area contributed by atoms with Gasteiger partial charge in [-0.2, -0.15) is 0 Å². The summed E-state index contributed by atoms with van der Waals surface area (Å²) in [7, 11) is 2.02. The van der Waals surface area contributed by atoms with Gasteiger partial charge in [0.2, 0.25) is 0 Å². The third-order valence-corrected chi connectivity index (χ3v) is 3.00. The van der Waals surface area contributed by atoms with Crippen molar-refractivity contribution in [3.63, 3.8) is 0 Å². The molecule has 2 aliphatic rings. The number of thioether (sulfide) groups is 1. The Morgan fingerprint density at radius 1 is 1.69 bits per heavy atom. The lowest BCUT2D eigenvalue weighted by atomic mass is 10.3. The van der Waals surface area contributed by atoms with Gasteiger partial charge in [0.25, 0.3) is 0 Å². The van der Waals surface area contributed by atoms with Crippen molar-refractivity contribution < 1.29 is 4.74 Å². The molecule has 0 aromatic carbocycles. The van der Waals surface area contributed by atoms with E-state index in [1.54, 1.807) is 0 Å². The first-order valence-electron chi connectivity index (χ1n) is 4.02. The lowest BCUT2D eigenvalue weighted by molar-refractivity contribution is 0.161. The van der Waals surface area contributed by atoms with Crippen molar-refractivity contribution in [2.75, 3.05) is 26.0 Å². The molecule has 0 spiro atoms. The lowest BCUT2D eigenvalue weighted by Gasteiger charge is -2.21. The Labute approximate surface area is 99.6 Å². The minimum absolute atomic E-state index is 0. The van der Waals surface area contributed by atoms with Crippen LogP contribution in [-0.4, -0.2) is 42.6 Å². The highest BCUT2D eigenvalue weighted by molar-refractivity contribution is 14.0. The zero-order chi connectivity index (χ0) is 8.39. The van der Waals surface area contributed by atoms with Gasteiger partial charge in [0.05, 0.1) is 12.9 Å². The van der Waals surface area contributed by atoms with Crippen molar-refractivity contribution in [2.24, 2.45) is 4.99 Å². The normalized spacial score (nSPS) is 27.0. The molecule has 1 fully saturated rings. The van der Waals surface area contributed by atoms with Crippen LogP contribution in [0, 0.1) is 0 Å². The Balaban J connectivity index is 0.000000845. The minimum atomic E-state index is 0. The molecule has 0 aromatic heterocycles. The zero-order valence-corrected chi connectivity index (χ0v) is 10.6. The van der Waals surface area contributed by atoms with E-state index in [2.05, 4.69) is 9.89 Å². The van der Waals surface area contributed by atoms with Crippen molar-refractivity contribution in [3.8, 4) is 0 Å². The predicted octanol–water partition coefficient (Wildman–Crippen LogP) is 1.55. The molecule has 74 valence electrons. The molecule has 0 bridgehead atoms. The molecule has 2 heterocycles. The molecule has 0 radical (unpaired) electrons. The summed E-state index contributed by atoms with van der Waals surface area (Å²) in [4.78, 5) is 6.20. The predicted molar refractivity (Wildman–Crippen MR) is 66.8 cm³/mol. The SMILES string of the molecule is CN1C=NC=C(C2OCCS2)C1.I. The van der Waals surface area contributed by atoms with Crippen LogP contribution in [0.1, 0.15) is 0 Å². The summed E-state index contributed by atoms with van der Waals surface area (Å²) in [5.74, 6) is 1.11. The largest absolute Gasteiger partial charge is 0.362 e. The second kappa shape index (κ2) is 5.21. The van der Waals surface area contributed by atoms with Crippen LogP contribution in [0.4, 0.5) is 0 Å². The summed E-state index contributed by atoms with van der Waals surface area (Å²) in [5.41, 5.74) is 1.53. The van der Waals surface area contributed by atoms with Crippen molar-refractivity contribution in [1.82, 2.24) is 4.90 Å². The Morgan fingerprint density at radius 3 is 3.15 bits per heavy atom. The van der Waals surface area contributed by atoms with Crippen LogP contribution in [0.5, 0.6) is 0 Å². The summed E-state index contributed by atoms with van der Waals surface area (Å²) in [5, 5.41) is 0. The van der Waals surface area contributed by atoms with Gasteiger partial charge in [-0.15, -0.1) is 35.7 Å². The molecule has 0 aromatic rings. The van der Waals surface area contributed by atoms with E-state index < -0.39 is 0 Å². The zero-order valence-electron chi connectivity index (χ0n) is 7.47. The number of nitrogens with zero attached hydrogens (tertiary/aromatic N) is 2. The fourth-order valence-electron chi connectivity index (χ4n) is 1.32. The van der Waals surface area contributed by atoms with E-state index in [-0.39, 0.29) is 29.4 Å². The van der Waals surface area contributed by atoms with Gasteiger partial charge in [0.15, 0.2) is 0 Å². The maximum absolute atomic E-state index is 5.53. The topological polar surface area (TPSA) is 24.8 Å². The highest BCUT2D eigenvalue weighted by Gasteiger charge is 2.22. The Morgan fingerprint density at radius 2 is 2.54 bits per heavy atom. The maximum Gasteiger partial charge on any atom is 0.128 e. The van der Waals surface area contributed by atoms with Crippen LogP contribution < -0.4 is 0 Å². The van der Waals surface area contributed by atoms with Crippen molar-refractivity contribution in [1.29, 1.82) is 0 Å². The smallest absolute Gasteiger partial charge is 0.128 e. The number of hydrogen-bond acceptors (Lipinski definition) is 4. The first-order valence-corrected chi connectivity index (χ1v) is 5.07. The maximum atomic E-state index is 5.53. The molecule has 1 saturated heterocycles. The van der Waals surface area contributed by atoms with Gasteiger partial charge < -0.3 is 9.64 Å². The molecule has 1 unspecified atom stereocenters. The van der Waals surface area contributed by atoms with E-state index >= 15 is 0 Å². The molecular weight excluding hydrogens is 299 g/mol. The van der Waals surface area contributed by atoms with E-state index in [0.29, 0.717) is 0 Å². The summed E-state index contributed by atoms with van der Waals surface area (Å²) in [6, 6.07) is 0. The van der Waals surface area contributed by atoms with Crippen molar-refractivity contribution >= 4 is 42.1 Å². The van der Waals surface area contributed by atoms with Crippen LogP contribution in [-0.2, 0) is 4.74 Å². The number of halogens is 1. The Bertz CT molecular complexity index is 226. The van der Waals surface area contributed by atoms with Gasteiger partial charge in [0, 0.05) is 31.1 Å². The standard InChI is InChI=1S/C8H12N2OS.HI/c1-10-5-7(4-9-6-10)8-11-2-3-12-8;/h4,6,8H,2-3,5H2,1H3;1H. The number of aliphatic imine (C=N–C) groups is 1. The molecule has 13 heavy (non-hydrogen) atoms. The molecular formula is C8H13IN2OS. The number of rotatable bonds is 1. The van der Waals surface area contributed by atoms with Crippen LogP contribution in [0.3, 0.4) is 0 Å². The molecule has 2 rings (SSSR count). The number of ether oxygens (including phenoxy) is 1. The van der Waals surface area contributed by atoms with Crippen LogP contribution in [0.15, 0.2) is 16.8 Å². The first-order chi connectivity index (χ1) is 5.86. The average molecular weight is 312 g/mol. The molecule has 1 atom stereocenters. The van der Waals surface area contributed by atoms with Crippen LogP contribution >= 0.6 is 35.7 Å². The third-order valence-electron chi connectivity index (χ3n) is 1.86. The summed E-state index contributed by atoms with van der Waals surface area (Å²) < 4.78 is 5.53. The quantitative estimate of drug-likeness (QED) is 0.687. The summed E-state index contributed by atoms with van der Waals surface area (Å²) in [6.45, 7) is 1.82. The highest BCUT2D eigenvalue weighted by Crippen LogP contribution is 2.27. The lowest BCUT2D eigenvalue weighted by Crippen LogP contribution is -2.26. The molecule has 0 amide bonds. The van der Waals surface area contributed by atoms with E-state index in [0.717, 1.165) is 18.9 Å². The Kier molecular flexibility index (Phi) is 4.54. The highest BCUT2D eigenvalue weighted by atomic mass is 127. The van der Waals surface area contributed by atoms with Gasteiger partial charge in [-0.05, 0) is 0 Å². The fourth-order valence-corrected chi connectivity index (χ4v) is 2.27. The Hall–Kier alpha value is 0.250. The van der Waals surface area contributed by atoms with Crippen LogP contribution in [0.25, 0.3) is 0 Å². The van der Waals surface area contributed by atoms with E-state index in [1.165, 1.54) is 5.57 Å².